The molecule has 0 aliphatic heterocycles. The van der Waals surface area contributed by atoms with E-state index in [4.69, 9.17) is 0 Å². The predicted octanol–water partition coefficient (Wildman–Crippen LogP) is 5.43. The molecule has 2 aromatic carbocycles. The topological polar surface area (TPSA) is 54.0 Å². The van der Waals surface area contributed by atoms with Crippen LogP contribution in [0.1, 0.15) is 42.3 Å². The molecule has 0 aliphatic carbocycles. The Labute approximate surface area is 171 Å². The number of halogens is 1. The van der Waals surface area contributed by atoms with E-state index in [1.54, 1.807) is 24.4 Å². The second-order valence-electron chi connectivity index (χ2n) is 8.01. The molecule has 1 amide bonds. The van der Waals surface area contributed by atoms with Gasteiger partial charge in [0.1, 0.15) is 5.82 Å². The summed E-state index contributed by atoms with van der Waals surface area (Å²) in [7, 11) is 0. The summed E-state index contributed by atoms with van der Waals surface area (Å²) in [5.41, 5.74) is 3.84. The highest BCUT2D eigenvalue weighted by molar-refractivity contribution is 6.04. The van der Waals surface area contributed by atoms with Gasteiger partial charge in [0.15, 0.2) is 0 Å². The van der Waals surface area contributed by atoms with Crippen LogP contribution >= 0.6 is 0 Å². The Balaban J connectivity index is 1.59. The molecule has 29 heavy (non-hydrogen) atoms. The van der Waals surface area contributed by atoms with E-state index in [9.17, 15) is 9.18 Å². The Kier molecular flexibility index (Phi) is 6.27. The van der Waals surface area contributed by atoms with Crippen molar-refractivity contribution in [1.29, 1.82) is 0 Å². The molecule has 0 unspecified atom stereocenters. The molecule has 0 saturated heterocycles. The molecule has 1 aromatic heterocycles. The minimum Gasteiger partial charge on any atom is -0.383 e. The molecule has 0 saturated carbocycles. The van der Waals surface area contributed by atoms with Crippen molar-refractivity contribution in [2.75, 3.05) is 17.2 Å². The Morgan fingerprint density at radius 1 is 1.00 bits per heavy atom. The van der Waals surface area contributed by atoms with Crippen molar-refractivity contribution < 1.29 is 9.18 Å². The van der Waals surface area contributed by atoms with Crippen molar-refractivity contribution >= 4 is 17.3 Å². The zero-order valence-corrected chi connectivity index (χ0v) is 17.0. The number of rotatable bonds is 6. The lowest BCUT2D eigenvalue weighted by Gasteiger charge is -2.19. The lowest BCUT2D eigenvalue weighted by Crippen LogP contribution is -2.14. The number of nitrogens with one attached hydrogen (secondary N) is 2. The summed E-state index contributed by atoms with van der Waals surface area (Å²) in [4.78, 5) is 16.7. The van der Waals surface area contributed by atoms with E-state index in [0.717, 1.165) is 11.4 Å². The van der Waals surface area contributed by atoms with Crippen LogP contribution in [0.25, 0.3) is 0 Å². The molecule has 2 N–H and O–H groups in total. The van der Waals surface area contributed by atoms with Crippen molar-refractivity contribution in [3.8, 4) is 0 Å². The fraction of sp³-hybridized carbons (Fsp3) is 0.250. The maximum Gasteiger partial charge on any atom is 0.257 e. The zero-order chi connectivity index (χ0) is 20.9. The Hall–Kier alpha value is -3.21. The highest BCUT2D eigenvalue weighted by Crippen LogP contribution is 2.23. The molecule has 0 radical (unpaired) electrons. The predicted molar refractivity (Wildman–Crippen MR) is 116 cm³/mol. The van der Waals surface area contributed by atoms with E-state index in [-0.39, 0.29) is 17.1 Å². The van der Waals surface area contributed by atoms with E-state index in [1.165, 1.54) is 17.8 Å². The van der Waals surface area contributed by atoms with Crippen LogP contribution in [-0.2, 0) is 11.8 Å². The molecule has 0 atom stereocenters. The normalized spacial score (nSPS) is 11.2. The van der Waals surface area contributed by atoms with Crippen LogP contribution in [-0.4, -0.2) is 17.4 Å². The summed E-state index contributed by atoms with van der Waals surface area (Å²) in [6.07, 6.45) is 3.72. The summed E-state index contributed by atoms with van der Waals surface area (Å²) < 4.78 is 13.7. The van der Waals surface area contributed by atoms with E-state index in [0.29, 0.717) is 24.1 Å². The van der Waals surface area contributed by atoms with Crippen molar-refractivity contribution in [2.45, 2.75) is 32.6 Å². The van der Waals surface area contributed by atoms with Gasteiger partial charge in [-0.1, -0.05) is 51.1 Å². The van der Waals surface area contributed by atoms with Gasteiger partial charge in [0.2, 0.25) is 0 Å². The minimum atomic E-state index is -0.223. The van der Waals surface area contributed by atoms with Gasteiger partial charge in [0.05, 0.1) is 11.3 Å². The van der Waals surface area contributed by atoms with Crippen molar-refractivity contribution in [3.63, 3.8) is 0 Å². The molecule has 0 aliphatic rings. The molecule has 5 heteroatoms. The molecule has 0 bridgehead atoms. The Morgan fingerprint density at radius 3 is 2.41 bits per heavy atom. The smallest absolute Gasteiger partial charge is 0.257 e. The van der Waals surface area contributed by atoms with Gasteiger partial charge in [0.25, 0.3) is 5.91 Å². The van der Waals surface area contributed by atoms with Crippen molar-refractivity contribution in [1.82, 2.24) is 4.98 Å². The van der Waals surface area contributed by atoms with Crippen LogP contribution < -0.4 is 10.6 Å². The molecule has 3 aromatic rings. The Morgan fingerprint density at radius 2 is 1.72 bits per heavy atom. The number of aromatic nitrogens is 1. The monoisotopic (exact) mass is 391 g/mol. The maximum absolute atomic E-state index is 13.7. The molecule has 3 rings (SSSR count). The van der Waals surface area contributed by atoms with E-state index < -0.39 is 0 Å². The van der Waals surface area contributed by atoms with Crippen LogP contribution in [0.4, 0.5) is 15.8 Å². The van der Waals surface area contributed by atoms with Gasteiger partial charge in [-0.25, -0.2) is 4.39 Å². The summed E-state index contributed by atoms with van der Waals surface area (Å²) in [6, 6.07) is 16.3. The van der Waals surface area contributed by atoms with E-state index >= 15 is 0 Å². The van der Waals surface area contributed by atoms with Crippen LogP contribution in [0.2, 0.25) is 0 Å². The quantitative estimate of drug-likeness (QED) is 0.589. The number of pyridine rings is 1. The van der Waals surface area contributed by atoms with Crippen molar-refractivity contribution in [3.05, 3.63) is 89.5 Å². The lowest BCUT2D eigenvalue weighted by molar-refractivity contribution is 0.102. The number of hydrogen-bond donors (Lipinski definition) is 2. The molecule has 150 valence electrons. The first kappa shape index (κ1) is 20.5. The van der Waals surface area contributed by atoms with Gasteiger partial charge < -0.3 is 10.6 Å². The number of hydrogen-bond acceptors (Lipinski definition) is 3. The molecular formula is C24H26FN3O. The summed E-state index contributed by atoms with van der Waals surface area (Å²) in [5.74, 6) is -0.434. The molecule has 0 spiro atoms. The molecule has 1 heterocycles. The number of carbonyl (C=O) groups excluding carboxylic acids is 1. The standard InChI is InChI=1S/C24H26FN3O/c1-24(2,3)19-8-10-20(11-9-19)28-23(29)18-14-21(16-26-15-18)27-13-12-17-6-4-5-7-22(17)25/h4-11,14-16,27H,12-13H2,1-3H3,(H,28,29). The number of nitrogens with zero attached hydrogens (tertiary/aromatic N) is 1. The first-order valence-corrected chi connectivity index (χ1v) is 9.67. The average molecular weight is 391 g/mol. The summed E-state index contributed by atoms with van der Waals surface area (Å²) in [5, 5.41) is 6.09. The van der Waals surface area contributed by atoms with Gasteiger partial charge in [0, 0.05) is 24.6 Å². The SMILES string of the molecule is CC(C)(C)c1ccc(NC(=O)c2cncc(NCCc3ccccc3F)c2)cc1. The third-order valence-electron chi connectivity index (χ3n) is 4.69. The number of anilines is 2. The number of benzene rings is 2. The van der Waals surface area contributed by atoms with Gasteiger partial charge in [-0.15, -0.1) is 0 Å². The van der Waals surface area contributed by atoms with Crippen molar-refractivity contribution in [2.24, 2.45) is 0 Å². The first-order chi connectivity index (χ1) is 13.8. The van der Waals surface area contributed by atoms with Crippen LogP contribution in [0, 0.1) is 5.82 Å². The van der Waals surface area contributed by atoms with Gasteiger partial charge in [-0.3, -0.25) is 9.78 Å². The highest BCUT2D eigenvalue weighted by atomic mass is 19.1. The first-order valence-electron chi connectivity index (χ1n) is 9.67. The van der Waals surface area contributed by atoms with Crippen LogP contribution in [0.5, 0.6) is 0 Å². The van der Waals surface area contributed by atoms with Crippen LogP contribution in [0.3, 0.4) is 0 Å². The largest absolute Gasteiger partial charge is 0.383 e. The van der Waals surface area contributed by atoms with E-state index in [2.05, 4.69) is 36.4 Å². The minimum absolute atomic E-state index is 0.0646. The maximum atomic E-state index is 13.7. The summed E-state index contributed by atoms with van der Waals surface area (Å²) >= 11 is 0. The molecular weight excluding hydrogens is 365 g/mol. The third-order valence-corrected chi connectivity index (χ3v) is 4.69. The molecule has 4 nitrogen and oxygen atoms in total. The van der Waals surface area contributed by atoms with Gasteiger partial charge in [-0.05, 0) is 47.2 Å². The number of carbonyl (C=O) groups is 1. The second kappa shape index (κ2) is 8.86. The Bertz CT molecular complexity index is 978. The van der Waals surface area contributed by atoms with E-state index in [1.807, 2.05) is 30.3 Å². The fourth-order valence-corrected chi connectivity index (χ4v) is 2.96. The average Bonchev–Trinajstić information content (AvgIpc) is 2.69. The van der Waals surface area contributed by atoms with Gasteiger partial charge >= 0.3 is 0 Å². The molecule has 0 fully saturated rings. The number of amides is 1. The van der Waals surface area contributed by atoms with Crippen LogP contribution in [0.15, 0.2) is 67.0 Å². The fourth-order valence-electron chi connectivity index (χ4n) is 2.96. The highest BCUT2D eigenvalue weighted by Gasteiger charge is 2.14. The second-order valence-corrected chi connectivity index (χ2v) is 8.01. The third kappa shape index (κ3) is 5.64. The zero-order valence-electron chi connectivity index (χ0n) is 17.0. The lowest BCUT2D eigenvalue weighted by atomic mass is 9.87. The summed E-state index contributed by atoms with van der Waals surface area (Å²) in [6.45, 7) is 6.99. The van der Waals surface area contributed by atoms with Gasteiger partial charge in [-0.2, -0.15) is 0 Å².